The minimum Gasteiger partial charge on any atom is -0.368 e. The Morgan fingerprint density at radius 2 is 2.15 bits per heavy atom. The summed E-state index contributed by atoms with van der Waals surface area (Å²) in [5, 5.41) is 4.13. The van der Waals surface area contributed by atoms with Crippen molar-refractivity contribution in [3.63, 3.8) is 0 Å². The Morgan fingerprint density at radius 3 is 2.80 bits per heavy atom. The van der Waals surface area contributed by atoms with E-state index in [1.165, 1.54) is 11.2 Å². The van der Waals surface area contributed by atoms with Crippen molar-refractivity contribution in [3.8, 4) is 0 Å². The van der Waals surface area contributed by atoms with Gasteiger partial charge in [-0.2, -0.15) is 9.97 Å². The van der Waals surface area contributed by atoms with Crippen LogP contribution >= 0.6 is 0 Å². The van der Waals surface area contributed by atoms with Crippen LogP contribution in [0.3, 0.4) is 0 Å². The number of anilines is 2. The fraction of sp³-hybridized carbons (Fsp3) is 0.333. The summed E-state index contributed by atoms with van der Waals surface area (Å²) in [5.41, 5.74) is 6.28. The maximum Gasteiger partial charge on any atom is 0.229 e. The number of imidazole rings is 1. The molecule has 3 rings (SSSR count). The van der Waals surface area contributed by atoms with E-state index in [9.17, 15) is 13.2 Å². The molecule has 20 heavy (non-hydrogen) atoms. The first kappa shape index (κ1) is 12.7. The van der Waals surface area contributed by atoms with Crippen LogP contribution in [-0.4, -0.2) is 46.1 Å². The highest BCUT2D eigenvalue weighted by Gasteiger charge is 2.38. The first-order chi connectivity index (χ1) is 9.36. The zero-order valence-electron chi connectivity index (χ0n) is 10.1. The van der Waals surface area contributed by atoms with Crippen molar-refractivity contribution >= 4 is 38.9 Å². The summed E-state index contributed by atoms with van der Waals surface area (Å²) < 4.78 is 22.7. The van der Waals surface area contributed by atoms with Crippen LogP contribution in [0.25, 0.3) is 11.2 Å². The second-order valence-corrected chi connectivity index (χ2v) is 6.27. The van der Waals surface area contributed by atoms with Crippen molar-refractivity contribution in [3.05, 3.63) is 6.33 Å². The molecule has 0 aromatic carbocycles. The van der Waals surface area contributed by atoms with Crippen molar-refractivity contribution in [2.75, 3.05) is 17.2 Å². The van der Waals surface area contributed by atoms with Gasteiger partial charge in [-0.1, -0.05) is 0 Å². The normalized spacial score (nSPS) is 19.9. The standard InChI is InChI=1S/C9H11N7O3S/c10-9-14-7-6(12-3-13-7)8(15-9)16-2-4(1-5(16)17)20(11,18)19/h3-4H,1-2H2,(H2,11,18,19)(H3,10,12,13,14,15). The number of hydrogen-bond acceptors (Lipinski definition) is 7. The summed E-state index contributed by atoms with van der Waals surface area (Å²) in [6.07, 6.45) is 1.21. The van der Waals surface area contributed by atoms with E-state index in [4.69, 9.17) is 10.9 Å². The number of fused-ring (bicyclic) bond motifs is 1. The number of nitrogen functional groups attached to an aromatic ring is 1. The Hall–Kier alpha value is -2.27. The van der Waals surface area contributed by atoms with Gasteiger partial charge in [0.25, 0.3) is 0 Å². The minimum absolute atomic E-state index is 0.0496. The Kier molecular flexibility index (Phi) is 2.62. The largest absolute Gasteiger partial charge is 0.368 e. The maximum atomic E-state index is 12.0. The van der Waals surface area contributed by atoms with Crippen LogP contribution in [0.4, 0.5) is 11.8 Å². The SMILES string of the molecule is Nc1nc(N2CC(S(N)(=O)=O)CC2=O)c2[nH]cnc2n1. The molecule has 11 heteroatoms. The Bertz CT molecular complexity index is 799. The van der Waals surface area contributed by atoms with Crippen LogP contribution in [0, 0.1) is 0 Å². The number of nitrogens with one attached hydrogen (secondary N) is 1. The van der Waals surface area contributed by atoms with Crippen LogP contribution in [0.15, 0.2) is 6.33 Å². The van der Waals surface area contributed by atoms with Gasteiger partial charge in [-0.05, 0) is 0 Å². The number of hydrogen-bond donors (Lipinski definition) is 3. The van der Waals surface area contributed by atoms with Crippen LogP contribution in [-0.2, 0) is 14.8 Å². The summed E-state index contributed by atoms with van der Waals surface area (Å²) in [7, 11) is -3.79. The first-order valence-corrected chi connectivity index (χ1v) is 7.26. The second-order valence-electron chi connectivity index (χ2n) is 4.43. The molecule has 0 saturated carbocycles. The predicted octanol–water partition coefficient (Wildman–Crippen LogP) is -1.67. The van der Waals surface area contributed by atoms with E-state index in [1.54, 1.807) is 0 Å². The van der Waals surface area contributed by atoms with Crippen molar-refractivity contribution in [2.45, 2.75) is 11.7 Å². The number of nitrogens with two attached hydrogens (primary N) is 2. The molecule has 3 heterocycles. The van der Waals surface area contributed by atoms with Crippen molar-refractivity contribution in [1.82, 2.24) is 19.9 Å². The molecule has 1 fully saturated rings. The average Bonchev–Trinajstić information content (AvgIpc) is 2.93. The molecule has 0 spiro atoms. The first-order valence-electron chi connectivity index (χ1n) is 5.65. The summed E-state index contributed by atoms with van der Waals surface area (Å²) in [6, 6.07) is 0. The van der Waals surface area contributed by atoms with Crippen LogP contribution in [0.5, 0.6) is 0 Å². The van der Waals surface area contributed by atoms with E-state index >= 15 is 0 Å². The van der Waals surface area contributed by atoms with Crippen LogP contribution < -0.4 is 15.8 Å². The van der Waals surface area contributed by atoms with Gasteiger partial charge in [-0.15, -0.1) is 0 Å². The molecule has 0 bridgehead atoms. The molecular formula is C9H11N7O3S. The van der Waals surface area contributed by atoms with E-state index in [0.29, 0.717) is 11.2 Å². The molecule has 2 aromatic rings. The van der Waals surface area contributed by atoms with Crippen molar-refractivity contribution in [2.24, 2.45) is 5.14 Å². The third kappa shape index (κ3) is 1.96. The Labute approximate surface area is 113 Å². The number of H-pyrrole nitrogens is 1. The Morgan fingerprint density at radius 1 is 1.40 bits per heavy atom. The predicted molar refractivity (Wildman–Crippen MR) is 70.0 cm³/mol. The number of carbonyl (C=O) groups is 1. The van der Waals surface area contributed by atoms with E-state index in [2.05, 4.69) is 19.9 Å². The summed E-state index contributed by atoms with van der Waals surface area (Å²) in [5.74, 6) is -0.231. The van der Waals surface area contributed by atoms with E-state index in [0.717, 1.165) is 0 Å². The van der Waals surface area contributed by atoms with Gasteiger partial charge in [0.15, 0.2) is 11.5 Å². The smallest absolute Gasteiger partial charge is 0.229 e. The lowest BCUT2D eigenvalue weighted by atomic mass is 10.4. The van der Waals surface area contributed by atoms with Gasteiger partial charge in [0.2, 0.25) is 21.9 Å². The molecule has 2 aromatic heterocycles. The highest BCUT2D eigenvalue weighted by atomic mass is 32.2. The van der Waals surface area contributed by atoms with Gasteiger partial charge in [0.1, 0.15) is 10.8 Å². The molecule has 1 saturated heterocycles. The zero-order valence-corrected chi connectivity index (χ0v) is 11.0. The molecule has 1 aliphatic rings. The summed E-state index contributed by atoms with van der Waals surface area (Å²) >= 11 is 0. The highest BCUT2D eigenvalue weighted by Crippen LogP contribution is 2.27. The lowest BCUT2D eigenvalue weighted by Crippen LogP contribution is -2.32. The number of primary sulfonamides is 1. The number of aromatic nitrogens is 4. The molecule has 0 radical (unpaired) electrons. The molecule has 1 aliphatic heterocycles. The van der Waals surface area contributed by atoms with Gasteiger partial charge in [-0.3, -0.25) is 9.69 Å². The number of sulfonamides is 1. The highest BCUT2D eigenvalue weighted by molar-refractivity contribution is 7.89. The van der Waals surface area contributed by atoms with Gasteiger partial charge in [-0.25, -0.2) is 18.5 Å². The number of amides is 1. The molecule has 1 unspecified atom stereocenters. The average molecular weight is 297 g/mol. The van der Waals surface area contributed by atoms with Crippen LogP contribution in [0.2, 0.25) is 0 Å². The van der Waals surface area contributed by atoms with E-state index < -0.39 is 21.2 Å². The lowest BCUT2D eigenvalue weighted by molar-refractivity contribution is -0.117. The molecule has 1 atom stereocenters. The monoisotopic (exact) mass is 297 g/mol. The lowest BCUT2D eigenvalue weighted by Gasteiger charge is -2.15. The number of nitrogens with zero attached hydrogens (tertiary/aromatic N) is 4. The van der Waals surface area contributed by atoms with Gasteiger partial charge in [0, 0.05) is 13.0 Å². The van der Waals surface area contributed by atoms with Gasteiger partial charge >= 0.3 is 0 Å². The molecule has 106 valence electrons. The second kappa shape index (κ2) is 4.11. The Balaban J connectivity index is 2.08. The third-order valence-electron chi connectivity index (χ3n) is 3.09. The molecule has 10 nitrogen and oxygen atoms in total. The minimum atomic E-state index is -3.79. The fourth-order valence-electron chi connectivity index (χ4n) is 2.13. The molecule has 1 amide bonds. The van der Waals surface area contributed by atoms with Crippen LogP contribution in [0.1, 0.15) is 6.42 Å². The van der Waals surface area contributed by atoms with E-state index in [1.807, 2.05) is 0 Å². The summed E-state index contributed by atoms with van der Waals surface area (Å²) in [6.45, 7) is -0.0672. The maximum absolute atomic E-state index is 12.0. The summed E-state index contributed by atoms with van der Waals surface area (Å²) in [4.78, 5) is 27.8. The van der Waals surface area contributed by atoms with Crippen molar-refractivity contribution in [1.29, 1.82) is 0 Å². The molecule has 5 N–H and O–H groups in total. The fourth-order valence-corrected chi connectivity index (χ4v) is 2.86. The van der Waals surface area contributed by atoms with Crippen molar-refractivity contribution < 1.29 is 13.2 Å². The third-order valence-corrected chi connectivity index (χ3v) is 4.34. The zero-order chi connectivity index (χ0) is 14.5. The molecular weight excluding hydrogens is 286 g/mol. The van der Waals surface area contributed by atoms with E-state index in [-0.39, 0.29) is 24.7 Å². The quantitative estimate of drug-likeness (QED) is 0.596. The number of carbonyl (C=O) groups excluding carboxylic acids is 1. The number of aromatic amines is 1. The number of rotatable bonds is 2. The van der Waals surface area contributed by atoms with Gasteiger partial charge < -0.3 is 10.7 Å². The van der Waals surface area contributed by atoms with Gasteiger partial charge in [0.05, 0.1) is 6.33 Å². The topological polar surface area (TPSA) is 161 Å². The molecule has 0 aliphatic carbocycles.